The van der Waals surface area contributed by atoms with Crippen LogP contribution in [0.3, 0.4) is 0 Å². The molecule has 1 aliphatic rings. The van der Waals surface area contributed by atoms with Crippen molar-refractivity contribution in [3.05, 3.63) is 41.2 Å². The molecule has 9 heteroatoms. The Bertz CT molecular complexity index is 899. The molecule has 1 aliphatic heterocycles. The summed E-state index contributed by atoms with van der Waals surface area (Å²) in [6.45, 7) is 6.25. The van der Waals surface area contributed by atoms with E-state index in [0.29, 0.717) is 44.5 Å². The zero-order chi connectivity index (χ0) is 19.4. The monoisotopic (exact) mass is 410 g/mol. The maximum Gasteiger partial charge on any atom is 0.244 e. The number of rotatable bonds is 6. The first-order chi connectivity index (χ1) is 12.9. The summed E-state index contributed by atoms with van der Waals surface area (Å²) in [5, 5.41) is 0.240. The topological polar surface area (TPSA) is 75.6 Å². The highest BCUT2D eigenvalue weighted by atomic mass is 35.5. The van der Waals surface area contributed by atoms with Gasteiger partial charge in [-0.05, 0) is 25.5 Å². The fourth-order valence-corrected chi connectivity index (χ4v) is 4.83. The van der Waals surface area contributed by atoms with Crippen LogP contribution in [0.5, 0.6) is 5.88 Å². The van der Waals surface area contributed by atoms with Crippen LogP contribution in [0.2, 0.25) is 5.02 Å². The van der Waals surface area contributed by atoms with Crippen molar-refractivity contribution in [3.8, 4) is 5.88 Å². The van der Waals surface area contributed by atoms with Gasteiger partial charge in [-0.3, -0.25) is 0 Å². The van der Waals surface area contributed by atoms with Crippen LogP contribution in [0.1, 0.15) is 19.2 Å². The van der Waals surface area contributed by atoms with Gasteiger partial charge in [0.1, 0.15) is 16.5 Å². The predicted molar refractivity (Wildman–Crippen MR) is 105 cm³/mol. The average molecular weight is 411 g/mol. The van der Waals surface area contributed by atoms with Crippen molar-refractivity contribution in [3.63, 3.8) is 0 Å². The zero-order valence-electron chi connectivity index (χ0n) is 15.4. The number of benzene rings is 1. The van der Waals surface area contributed by atoms with Gasteiger partial charge in [0.2, 0.25) is 15.9 Å². The highest BCUT2D eigenvalue weighted by Gasteiger charge is 2.30. The number of halogens is 1. The molecule has 1 saturated heterocycles. The summed E-state index contributed by atoms with van der Waals surface area (Å²) in [6.07, 6.45) is 0.900. The first-order valence-electron chi connectivity index (χ1n) is 8.90. The number of aryl methyl sites for hydroxylation is 1. The lowest BCUT2D eigenvalue weighted by atomic mass is 10.3. The van der Waals surface area contributed by atoms with Gasteiger partial charge in [-0.2, -0.15) is 9.29 Å². The Morgan fingerprint density at radius 1 is 1.15 bits per heavy atom. The van der Waals surface area contributed by atoms with Gasteiger partial charge in [0.15, 0.2) is 0 Å². The Kier molecular flexibility index (Phi) is 6.18. The average Bonchev–Trinajstić information content (AvgIpc) is 2.66. The fourth-order valence-electron chi connectivity index (χ4n) is 2.92. The summed E-state index contributed by atoms with van der Waals surface area (Å²) in [5.74, 6) is 1.93. The Hall–Kier alpha value is -1.90. The number of nitrogens with zero attached hydrogens (tertiary/aromatic N) is 4. The number of hydrogen-bond donors (Lipinski definition) is 0. The van der Waals surface area contributed by atoms with E-state index in [1.54, 1.807) is 24.3 Å². The van der Waals surface area contributed by atoms with E-state index in [0.717, 1.165) is 12.2 Å². The molecule has 0 unspecified atom stereocenters. The van der Waals surface area contributed by atoms with E-state index in [1.807, 2.05) is 18.7 Å². The minimum Gasteiger partial charge on any atom is -0.478 e. The summed E-state index contributed by atoms with van der Waals surface area (Å²) < 4.78 is 32.8. The Balaban J connectivity index is 1.72. The molecule has 0 spiro atoms. The van der Waals surface area contributed by atoms with Gasteiger partial charge in [0.25, 0.3) is 0 Å². The summed E-state index contributed by atoms with van der Waals surface area (Å²) in [5.41, 5.74) is 0. The normalized spacial score (nSPS) is 15.7. The molecule has 146 valence electrons. The van der Waals surface area contributed by atoms with Crippen LogP contribution in [-0.4, -0.2) is 55.5 Å². The van der Waals surface area contributed by atoms with Gasteiger partial charge in [0, 0.05) is 32.2 Å². The SMILES string of the molecule is CCCOc1cc(N2CCN(S(=O)(=O)c3ccccc3Cl)CC2)nc(C)n1. The van der Waals surface area contributed by atoms with Crippen molar-refractivity contribution < 1.29 is 13.2 Å². The number of piperazine rings is 1. The standard InChI is InChI=1S/C18H23ClN4O3S/c1-3-12-26-18-13-17(20-14(2)21-18)22-8-10-23(11-9-22)27(24,25)16-7-5-4-6-15(16)19/h4-7,13H,3,8-12H2,1-2H3. The van der Waals surface area contributed by atoms with Gasteiger partial charge in [0.05, 0.1) is 11.6 Å². The molecule has 0 saturated carbocycles. The quantitative estimate of drug-likeness (QED) is 0.728. The molecule has 1 fully saturated rings. The molecule has 27 heavy (non-hydrogen) atoms. The smallest absolute Gasteiger partial charge is 0.244 e. The summed E-state index contributed by atoms with van der Waals surface area (Å²) in [6, 6.07) is 8.33. The zero-order valence-corrected chi connectivity index (χ0v) is 17.0. The minimum absolute atomic E-state index is 0.147. The molecular formula is C18H23ClN4O3S. The third-order valence-electron chi connectivity index (χ3n) is 4.27. The van der Waals surface area contributed by atoms with Crippen molar-refractivity contribution in [2.45, 2.75) is 25.2 Å². The van der Waals surface area contributed by atoms with E-state index < -0.39 is 10.0 Å². The van der Waals surface area contributed by atoms with Crippen molar-refractivity contribution in [1.29, 1.82) is 0 Å². The van der Waals surface area contributed by atoms with Crippen molar-refractivity contribution in [2.75, 3.05) is 37.7 Å². The molecule has 2 heterocycles. The van der Waals surface area contributed by atoms with Gasteiger partial charge in [-0.15, -0.1) is 0 Å². The van der Waals surface area contributed by atoms with Crippen LogP contribution in [0.25, 0.3) is 0 Å². The van der Waals surface area contributed by atoms with Crippen LogP contribution in [0.4, 0.5) is 5.82 Å². The highest BCUT2D eigenvalue weighted by Crippen LogP contribution is 2.26. The van der Waals surface area contributed by atoms with Crippen LogP contribution < -0.4 is 9.64 Å². The lowest BCUT2D eigenvalue weighted by molar-refractivity contribution is 0.303. The third-order valence-corrected chi connectivity index (χ3v) is 6.67. The van der Waals surface area contributed by atoms with Gasteiger partial charge in [-0.1, -0.05) is 30.7 Å². The van der Waals surface area contributed by atoms with Gasteiger partial charge >= 0.3 is 0 Å². The van der Waals surface area contributed by atoms with Crippen LogP contribution in [-0.2, 0) is 10.0 Å². The molecule has 0 amide bonds. The first-order valence-corrected chi connectivity index (χ1v) is 10.7. The maximum atomic E-state index is 12.9. The second-order valence-electron chi connectivity index (χ2n) is 6.28. The molecule has 7 nitrogen and oxygen atoms in total. The Morgan fingerprint density at radius 3 is 2.52 bits per heavy atom. The number of aromatic nitrogens is 2. The molecule has 1 aromatic heterocycles. The van der Waals surface area contributed by atoms with E-state index in [2.05, 4.69) is 9.97 Å². The van der Waals surface area contributed by atoms with Gasteiger partial charge in [-0.25, -0.2) is 13.4 Å². The predicted octanol–water partition coefficient (Wildman–Crippen LogP) is 2.74. The minimum atomic E-state index is -3.61. The Morgan fingerprint density at radius 2 is 1.85 bits per heavy atom. The van der Waals surface area contributed by atoms with Crippen molar-refractivity contribution in [2.24, 2.45) is 0 Å². The second-order valence-corrected chi connectivity index (χ2v) is 8.60. The molecular weight excluding hydrogens is 388 g/mol. The van der Waals surface area contributed by atoms with E-state index in [9.17, 15) is 8.42 Å². The molecule has 0 radical (unpaired) electrons. The van der Waals surface area contributed by atoms with E-state index in [4.69, 9.17) is 16.3 Å². The van der Waals surface area contributed by atoms with E-state index >= 15 is 0 Å². The number of ether oxygens (including phenoxy) is 1. The summed E-state index contributed by atoms with van der Waals surface area (Å²) in [4.78, 5) is 11.0. The molecule has 0 bridgehead atoms. The lowest BCUT2D eigenvalue weighted by Crippen LogP contribution is -2.49. The maximum absolute atomic E-state index is 12.9. The van der Waals surface area contributed by atoms with E-state index in [1.165, 1.54) is 10.4 Å². The largest absolute Gasteiger partial charge is 0.478 e. The number of anilines is 1. The first kappa shape index (κ1) is 19.9. The molecule has 0 atom stereocenters. The highest BCUT2D eigenvalue weighted by molar-refractivity contribution is 7.89. The van der Waals surface area contributed by atoms with Crippen molar-refractivity contribution in [1.82, 2.24) is 14.3 Å². The molecule has 1 aromatic carbocycles. The fraction of sp³-hybridized carbons (Fsp3) is 0.444. The van der Waals surface area contributed by atoms with E-state index in [-0.39, 0.29) is 9.92 Å². The molecule has 0 N–H and O–H groups in total. The number of sulfonamides is 1. The second kappa shape index (κ2) is 8.41. The van der Waals surface area contributed by atoms with Crippen LogP contribution >= 0.6 is 11.6 Å². The van der Waals surface area contributed by atoms with Crippen molar-refractivity contribution >= 4 is 27.4 Å². The Labute approximate surface area is 165 Å². The molecule has 3 rings (SSSR count). The lowest BCUT2D eigenvalue weighted by Gasteiger charge is -2.34. The molecule has 2 aromatic rings. The third kappa shape index (κ3) is 4.51. The number of hydrogen-bond acceptors (Lipinski definition) is 6. The van der Waals surface area contributed by atoms with Crippen LogP contribution in [0, 0.1) is 6.92 Å². The molecule has 0 aliphatic carbocycles. The summed E-state index contributed by atoms with van der Waals surface area (Å²) in [7, 11) is -3.61. The van der Waals surface area contributed by atoms with Gasteiger partial charge < -0.3 is 9.64 Å². The summed E-state index contributed by atoms with van der Waals surface area (Å²) >= 11 is 6.08. The van der Waals surface area contributed by atoms with Crippen LogP contribution in [0.15, 0.2) is 35.2 Å².